The topological polar surface area (TPSA) is 41.0 Å². The van der Waals surface area contributed by atoms with Crippen LogP contribution in [0.15, 0.2) is 12.4 Å². The third-order valence-corrected chi connectivity index (χ3v) is 3.23. The van der Waals surface area contributed by atoms with E-state index in [2.05, 4.69) is 34.0 Å². The van der Waals surface area contributed by atoms with Crippen molar-refractivity contribution in [3.8, 4) is 0 Å². The molecule has 88 valence electrons. The first-order valence-corrected chi connectivity index (χ1v) is 5.97. The Kier molecular flexibility index (Phi) is 3.74. The first-order chi connectivity index (χ1) is 7.66. The molecule has 1 aromatic heterocycles. The fourth-order valence-corrected chi connectivity index (χ4v) is 2.19. The van der Waals surface area contributed by atoms with Gasteiger partial charge in [0.15, 0.2) is 0 Å². The highest BCUT2D eigenvalue weighted by atomic mass is 35.5. The molecule has 0 spiro atoms. The van der Waals surface area contributed by atoms with Gasteiger partial charge in [-0.05, 0) is 13.8 Å². The maximum atomic E-state index is 5.71. The van der Waals surface area contributed by atoms with Crippen molar-refractivity contribution in [2.45, 2.75) is 32.5 Å². The van der Waals surface area contributed by atoms with Gasteiger partial charge in [-0.25, -0.2) is 4.98 Å². The molecule has 4 nitrogen and oxygen atoms in total. The second kappa shape index (κ2) is 5.08. The highest BCUT2D eigenvalue weighted by Crippen LogP contribution is 2.13. The second-order valence-corrected chi connectivity index (χ2v) is 4.75. The summed E-state index contributed by atoms with van der Waals surface area (Å²) in [5.41, 5.74) is 0.977. The predicted molar refractivity (Wildman–Crippen MR) is 64.4 cm³/mol. The minimum absolute atomic E-state index is 0.449. The highest BCUT2D eigenvalue weighted by molar-refractivity contribution is 6.29. The molecule has 0 bridgehead atoms. The zero-order chi connectivity index (χ0) is 11.5. The van der Waals surface area contributed by atoms with Gasteiger partial charge in [-0.3, -0.25) is 9.88 Å². The van der Waals surface area contributed by atoms with Crippen LogP contribution < -0.4 is 5.32 Å². The molecule has 0 radical (unpaired) electrons. The van der Waals surface area contributed by atoms with Gasteiger partial charge in [0.2, 0.25) is 0 Å². The molecular weight excluding hydrogens is 224 g/mol. The van der Waals surface area contributed by atoms with Gasteiger partial charge in [-0.15, -0.1) is 0 Å². The van der Waals surface area contributed by atoms with E-state index in [1.807, 2.05) is 0 Å². The van der Waals surface area contributed by atoms with Gasteiger partial charge in [0, 0.05) is 31.7 Å². The molecule has 2 atom stereocenters. The van der Waals surface area contributed by atoms with Crippen molar-refractivity contribution in [3.63, 3.8) is 0 Å². The lowest BCUT2D eigenvalue weighted by Crippen LogP contribution is -2.54. The van der Waals surface area contributed by atoms with E-state index in [4.69, 9.17) is 11.6 Å². The third-order valence-electron chi connectivity index (χ3n) is 3.03. The van der Waals surface area contributed by atoms with E-state index in [0.29, 0.717) is 17.2 Å². The minimum atomic E-state index is 0.449. The molecule has 1 fully saturated rings. The van der Waals surface area contributed by atoms with E-state index in [-0.39, 0.29) is 0 Å². The molecule has 1 aliphatic rings. The van der Waals surface area contributed by atoms with E-state index < -0.39 is 0 Å². The molecule has 2 heterocycles. The summed E-state index contributed by atoms with van der Waals surface area (Å²) in [7, 11) is 0. The van der Waals surface area contributed by atoms with E-state index in [1.54, 1.807) is 12.4 Å². The average molecular weight is 241 g/mol. The smallest absolute Gasteiger partial charge is 0.147 e. The number of piperazine rings is 1. The van der Waals surface area contributed by atoms with Crippen molar-refractivity contribution in [3.05, 3.63) is 23.2 Å². The van der Waals surface area contributed by atoms with Crippen LogP contribution in [0.3, 0.4) is 0 Å². The van der Waals surface area contributed by atoms with Crippen molar-refractivity contribution in [2.24, 2.45) is 0 Å². The lowest BCUT2D eigenvalue weighted by molar-refractivity contribution is 0.107. The summed E-state index contributed by atoms with van der Waals surface area (Å²) in [6.45, 7) is 7.36. The average Bonchev–Trinajstić information content (AvgIpc) is 2.26. The SMILES string of the molecule is CC1CNCC(C)N1Cc1cnc(Cl)cn1. The molecule has 2 rings (SSSR count). The zero-order valence-corrected chi connectivity index (χ0v) is 10.4. The molecule has 0 aliphatic carbocycles. The Morgan fingerprint density at radius 1 is 1.31 bits per heavy atom. The Morgan fingerprint density at radius 3 is 2.56 bits per heavy atom. The Balaban J connectivity index is 2.04. The molecule has 0 amide bonds. The van der Waals surface area contributed by atoms with Crippen LogP contribution in [0.1, 0.15) is 19.5 Å². The maximum absolute atomic E-state index is 5.71. The van der Waals surface area contributed by atoms with E-state index in [1.165, 1.54) is 0 Å². The van der Waals surface area contributed by atoms with Gasteiger partial charge < -0.3 is 5.32 Å². The van der Waals surface area contributed by atoms with Crippen LogP contribution >= 0.6 is 11.6 Å². The number of rotatable bonds is 2. The number of hydrogen-bond donors (Lipinski definition) is 1. The monoisotopic (exact) mass is 240 g/mol. The molecule has 1 N–H and O–H groups in total. The first kappa shape index (κ1) is 11.8. The van der Waals surface area contributed by atoms with Gasteiger partial charge in [-0.2, -0.15) is 0 Å². The molecule has 2 unspecified atom stereocenters. The molecule has 16 heavy (non-hydrogen) atoms. The molecule has 1 saturated heterocycles. The van der Waals surface area contributed by atoms with E-state index in [9.17, 15) is 0 Å². The van der Waals surface area contributed by atoms with Crippen molar-refractivity contribution in [1.29, 1.82) is 0 Å². The number of hydrogen-bond acceptors (Lipinski definition) is 4. The van der Waals surface area contributed by atoms with Crippen LogP contribution in [-0.4, -0.2) is 40.0 Å². The second-order valence-electron chi connectivity index (χ2n) is 4.36. The number of nitrogens with one attached hydrogen (secondary N) is 1. The number of aromatic nitrogens is 2. The summed E-state index contributed by atoms with van der Waals surface area (Å²) in [5, 5.41) is 3.86. The Labute approximate surface area is 101 Å². The van der Waals surface area contributed by atoms with Crippen LogP contribution in [-0.2, 0) is 6.54 Å². The summed E-state index contributed by atoms with van der Waals surface area (Å²) in [6.07, 6.45) is 3.36. The zero-order valence-electron chi connectivity index (χ0n) is 9.65. The number of halogens is 1. The molecular formula is C11H17ClN4. The first-order valence-electron chi connectivity index (χ1n) is 5.59. The highest BCUT2D eigenvalue weighted by Gasteiger charge is 2.24. The summed E-state index contributed by atoms with van der Waals surface area (Å²) in [4.78, 5) is 10.8. The fourth-order valence-electron chi connectivity index (χ4n) is 2.09. The van der Waals surface area contributed by atoms with Crippen LogP contribution in [0, 0.1) is 0 Å². The lowest BCUT2D eigenvalue weighted by atomic mass is 10.1. The molecule has 0 aromatic carbocycles. The van der Waals surface area contributed by atoms with Gasteiger partial charge in [0.1, 0.15) is 5.15 Å². The van der Waals surface area contributed by atoms with Crippen LogP contribution in [0.5, 0.6) is 0 Å². The van der Waals surface area contributed by atoms with E-state index in [0.717, 1.165) is 25.3 Å². The minimum Gasteiger partial charge on any atom is -0.314 e. The van der Waals surface area contributed by atoms with Gasteiger partial charge >= 0.3 is 0 Å². The van der Waals surface area contributed by atoms with Crippen LogP contribution in [0.25, 0.3) is 0 Å². The molecule has 5 heteroatoms. The summed E-state index contributed by atoms with van der Waals surface area (Å²) in [5.74, 6) is 0. The summed E-state index contributed by atoms with van der Waals surface area (Å²) >= 11 is 5.71. The van der Waals surface area contributed by atoms with Crippen molar-refractivity contribution < 1.29 is 0 Å². The van der Waals surface area contributed by atoms with Gasteiger partial charge in [0.25, 0.3) is 0 Å². The molecule has 0 saturated carbocycles. The third kappa shape index (κ3) is 2.70. The Hall–Kier alpha value is -0.710. The molecule has 1 aliphatic heterocycles. The quantitative estimate of drug-likeness (QED) is 0.847. The lowest BCUT2D eigenvalue weighted by Gasteiger charge is -2.39. The summed E-state index contributed by atoms with van der Waals surface area (Å²) in [6, 6.07) is 1.06. The predicted octanol–water partition coefficient (Wildman–Crippen LogP) is 1.31. The fraction of sp³-hybridized carbons (Fsp3) is 0.636. The van der Waals surface area contributed by atoms with Gasteiger partial charge in [-0.1, -0.05) is 11.6 Å². The largest absolute Gasteiger partial charge is 0.314 e. The summed E-state index contributed by atoms with van der Waals surface area (Å²) < 4.78 is 0. The molecule has 1 aromatic rings. The number of nitrogens with zero attached hydrogens (tertiary/aromatic N) is 3. The van der Waals surface area contributed by atoms with Crippen molar-refractivity contribution in [1.82, 2.24) is 20.2 Å². The maximum Gasteiger partial charge on any atom is 0.147 e. The van der Waals surface area contributed by atoms with Crippen LogP contribution in [0.2, 0.25) is 5.15 Å². The van der Waals surface area contributed by atoms with Crippen molar-refractivity contribution >= 4 is 11.6 Å². The normalized spacial score (nSPS) is 26.9. The Morgan fingerprint density at radius 2 is 2.00 bits per heavy atom. The Bertz CT molecular complexity index is 330. The van der Waals surface area contributed by atoms with Crippen molar-refractivity contribution in [2.75, 3.05) is 13.1 Å². The standard InChI is InChI=1S/C11H17ClN4/c1-8-3-13-4-9(2)16(8)7-10-5-15-11(12)6-14-10/h5-6,8-9,13H,3-4,7H2,1-2H3. The van der Waals surface area contributed by atoms with Gasteiger partial charge in [0.05, 0.1) is 18.1 Å². The van der Waals surface area contributed by atoms with E-state index >= 15 is 0 Å². The van der Waals surface area contributed by atoms with Crippen LogP contribution in [0.4, 0.5) is 0 Å².